The van der Waals surface area contributed by atoms with Gasteiger partial charge in [0, 0.05) is 12.8 Å². The molecule has 0 saturated carbocycles. The SMILES string of the molecule is COc1ccc(-n2nc(CC(C)C)nc2CCN)cc1.Cl. The molecule has 0 aliphatic heterocycles. The molecule has 0 fully saturated rings. The molecule has 2 rings (SSSR count). The van der Waals surface area contributed by atoms with E-state index in [0.29, 0.717) is 12.5 Å². The highest BCUT2D eigenvalue weighted by Gasteiger charge is 2.12. The Morgan fingerprint density at radius 2 is 1.90 bits per heavy atom. The summed E-state index contributed by atoms with van der Waals surface area (Å²) >= 11 is 0. The number of benzene rings is 1. The fourth-order valence-corrected chi connectivity index (χ4v) is 2.06. The summed E-state index contributed by atoms with van der Waals surface area (Å²) in [5.74, 6) is 3.15. The third kappa shape index (κ3) is 4.44. The minimum Gasteiger partial charge on any atom is -0.497 e. The van der Waals surface area contributed by atoms with Crippen molar-refractivity contribution in [3.05, 3.63) is 35.9 Å². The summed E-state index contributed by atoms with van der Waals surface area (Å²) in [6, 6.07) is 7.80. The van der Waals surface area contributed by atoms with Crippen LogP contribution in [0.3, 0.4) is 0 Å². The van der Waals surface area contributed by atoms with Crippen LogP contribution < -0.4 is 10.5 Å². The molecular formula is C15H23ClN4O. The van der Waals surface area contributed by atoms with Gasteiger partial charge >= 0.3 is 0 Å². The van der Waals surface area contributed by atoms with Gasteiger partial charge in [-0.05, 0) is 36.7 Å². The van der Waals surface area contributed by atoms with Gasteiger partial charge in [0.25, 0.3) is 0 Å². The molecule has 5 nitrogen and oxygen atoms in total. The summed E-state index contributed by atoms with van der Waals surface area (Å²) < 4.78 is 7.05. The zero-order valence-corrected chi connectivity index (χ0v) is 13.6. The van der Waals surface area contributed by atoms with Gasteiger partial charge in [-0.15, -0.1) is 12.4 Å². The van der Waals surface area contributed by atoms with E-state index >= 15 is 0 Å². The molecule has 2 aromatic rings. The zero-order valence-electron chi connectivity index (χ0n) is 12.7. The van der Waals surface area contributed by atoms with E-state index in [1.165, 1.54) is 0 Å². The molecule has 0 amide bonds. The topological polar surface area (TPSA) is 66.0 Å². The molecule has 0 aliphatic rings. The predicted octanol–water partition coefficient (Wildman–Crippen LogP) is 2.40. The Morgan fingerprint density at radius 3 is 2.43 bits per heavy atom. The van der Waals surface area contributed by atoms with Crippen LogP contribution in [0.25, 0.3) is 5.69 Å². The lowest BCUT2D eigenvalue weighted by Gasteiger charge is -2.06. The Morgan fingerprint density at radius 1 is 1.24 bits per heavy atom. The molecule has 6 heteroatoms. The van der Waals surface area contributed by atoms with Gasteiger partial charge in [0.15, 0.2) is 5.82 Å². The van der Waals surface area contributed by atoms with Crippen molar-refractivity contribution >= 4 is 12.4 Å². The lowest BCUT2D eigenvalue weighted by atomic mass is 10.1. The van der Waals surface area contributed by atoms with E-state index in [-0.39, 0.29) is 12.4 Å². The second-order valence-corrected chi connectivity index (χ2v) is 5.19. The Hall–Kier alpha value is -1.59. The van der Waals surface area contributed by atoms with Crippen molar-refractivity contribution in [2.24, 2.45) is 11.7 Å². The molecule has 1 aromatic carbocycles. The second-order valence-electron chi connectivity index (χ2n) is 5.19. The Balaban J connectivity index is 0.00000220. The molecule has 0 bridgehead atoms. The highest BCUT2D eigenvalue weighted by molar-refractivity contribution is 5.85. The largest absolute Gasteiger partial charge is 0.497 e. The molecular weight excluding hydrogens is 288 g/mol. The monoisotopic (exact) mass is 310 g/mol. The van der Waals surface area contributed by atoms with Crippen LogP contribution in [0, 0.1) is 5.92 Å². The van der Waals surface area contributed by atoms with Crippen molar-refractivity contribution in [1.29, 1.82) is 0 Å². The lowest BCUT2D eigenvalue weighted by molar-refractivity contribution is 0.414. The Kier molecular flexibility index (Phi) is 6.65. The summed E-state index contributed by atoms with van der Waals surface area (Å²) in [5.41, 5.74) is 6.65. The van der Waals surface area contributed by atoms with Gasteiger partial charge < -0.3 is 10.5 Å². The molecule has 21 heavy (non-hydrogen) atoms. The van der Waals surface area contributed by atoms with E-state index in [9.17, 15) is 0 Å². The molecule has 1 aromatic heterocycles. The number of rotatable bonds is 6. The first-order valence-electron chi connectivity index (χ1n) is 6.93. The number of halogens is 1. The number of nitrogens with two attached hydrogens (primary N) is 1. The van der Waals surface area contributed by atoms with Gasteiger partial charge in [0.1, 0.15) is 11.6 Å². The smallest absolute Gasteiger partial charge is 0.151 e. The quantitative estimate of drug-likeness (QED) is 0.889. The average Bonchev–Trinajstić information content (AvgIpc) is 2.81. The first-order valence-corrected chi connectivity index (χ1v) is 6.93. The molecule has 1 heterocycles. The summed E-state index contributed by atoms with van der Waals surface area (Å²) in [5, 5.41) is 4.60. The molecule has 0 radical (unpaired) electrons. The third-order valence-electron chi connectivity index (χ3n) is 2.99. The summed E-state index contributed by atoms with van der Waals surface area (Å²) in [4.78, 5) is 4.60. The minimum atomic E-state index is 0. The van der Waals surface area contributed by atoms with Gasteiger partial charge in [-0.3, -0.25) is 0 Å². The van der Waals surface area contributed by atoms with Crippen LogP contribution in [0.1, 0.15) is 25.5 Å². The van der Waals surface area contributed by atoms with Gasteiger partial charge in [-0.2, -0.15) is 5.10 Å². The fourth-order valence-electron chi connectivity index (χ4n) is 2.06. The molecule has 116 valence electrons. The molecule has 2 N–H and O–H groups in total. The maximum atomic E-state index is 5.66. The van der Waals surface area contributed by atoms with E-state index in [1.807, 2.05) is 28.9 Å². The molecule has 0 spiro atoms. The number of hydrogen-bond acceptors (Lipinski definition) is 4. The molecule has 0 aliphatic carbocycles. The molecule has 0 unspecified atom stereocenters. The standard InChI is InChI=1S/C15H22N4O.ClH/c1-11(2)10-14-17-15(8-9-16)19(18-14)12-4-6-13(20-3)7-5-12;/h4-7,11H,8-10,16H2,1-3H3;1H. The van der Waals surface area contributed by atoms with Crippen molar-refractivity contribution in [3.63, 3.8) is 0 Å². The highest BCUT2D eigenvalue weighted by Crippen LogP contribution is 2.16. The molecule has 0 atom stereocenters. The summed E-state index contributed by atoms with van der Waals surface area (Å²) in [6.07, 6.45) is 1.60. The minimum absolute atomic E-state index is 0. The van der Waals surface area contributed by atoms with Crippen molar-refractivity contribution in [1.82, 2.24) is 14.8 Å². The maximum absolute atomic E-state index is 5.66. The van der Waals surface area contributed by atoms with Crippen LogP contribution in [0.2, 0.25) is 0 Å². The Labute approximate surface area is 131 Å². The summed E-state index contributed by atoms with van der Waals surface area (Å²) in [7, 11) is 1.66. The first-order chi connectivity index (χ1) is 9.63. The van der Waals surface area contributed by atoms with Crippen molar-refractivity contribution in [2.45, 2.75) is 26.7 Å². The van der Waals surface area contributed by atoms with E-state index in [2.05, 4.69) is 23.9 Å². The van der Waals surface area contributed by atoms with E-state index < -0.39 is 0 Å². The van der Waals surface area contributed by atoms with Crippen molar-refractivity contribution in [3.8, 4) is 11.4 Å². The number of hydrogen-bond donors (Lipinski definition) is 1. The van der Waals surface area contributed by atoms with Crippen molar-refractivity contribution < 1.29 is 4.74 Å². The van der Waals surface area contributed by atoms with E-state index in [1.54, 1.807) is 7.11 Å². The maximum Gasteiger partial charge on any atom is 0.151 e. The van der Waals surface area contributed by atoms with Gasteiger partial charge in [0.2, 0.25) is 0 Å². The van der Waals surface area contributed by atoms with E-state index in [4.69, 9.17) is 10.5 Å². The van der Waals surface area contributed by atoms with Crippen LogP contribution in [0.15, 0.2) is 24.3 Å². The molecule has 0 saturated heterocycles. The lowest BCUT2D eigenvalue weighted by Crippen LogP contribution is -2.09. The van der Waals surface area contributed by atoms with Crippen LogP contribution >= 0.6 is 12.4 Å². The normalized spacial score (nSPS) is 10.5. The predicted molar refractivity (Wildman–Crippen MR) is 86.5 cm³/mol. The van der Waals surface area contributed by atoms with Crippen LogP contribution in [0.4, 0.5) is 0 Å². The van der Waals surface area contributed by atoms with Gasteiger partial charge in [-0.25, -0.2) is 9.67 Å². The third-order valence-corrected chi connectivity index (χ3v) is 2.99. The average molecular weight is 311 g/mol. The second kappa shape index (κ2) is 8.00. The number of ether oxygens (including phenoxy) is 1. The number of methoxy groups -OCH3 is 1. The van der Waals surface area contributed by atoms with Crippen LogP contribution in [-0.4, -0.2) is 28.4 Å². The zero-order chi connectivity index (χ0) is 14.5. The van der Waals surface area contributed by atoms with Gasteiger partial charge in [-0.1, -0.05) is 13.8 Å². The van der Waals surface area contributed by atoms with E-state index in [0.717, 1.165) is 35.9 Å². The Bertz CT molecular complexity index is 551. The highest BCUT2D eigenvalue weighted by atomic mass is 35.5. The fraction of sp³-hybridized carbons (Fsp3) is 0.467. The first kappa shape index (κ1) is 17.5. The number of nitrogens with zero attached hydrogens (tertiary/aromatic N) is 3. The van der Waals surface area contributed by atoms with Crippen LogP contribution in [0.5, 0.6) is 5.75 Å². The van der Waals surface area contributed by atoms with Crippen LogP contribution in [-0.2, 0) is 12.8 Å². The van der Waals surface area contributed by atoms with Crippen molar-refractivity contribution in [2.75, 3.05) is 13.7 Å². The van der Waals surface area contributed by atoms with Gasteiger partial charge in [0.05, 0.1) is 12.8 Å². The number of aromatic nitrogens is 3. The summed E-state index contributed by atoms with van der Waals surface area (Å²) in [6.45, 7) is 4.89.